The Morgan fingerprint density at radius 3 is 2.48 bits per heavy atom. The van der Waals surface area contributed by atoms with Crippen molar-refractivity contribution in [3.63, 3.8) is 0 Å². The molecule has 3 nitrogen and oxygen atoms in total. The molecule has 1 amide bonds. The summed E-state index contributed by atoms with van der Waals surface area (Å²) in [7, 11) is 0. The molecule has 1 N–H and O–H groups in total. The van der Waals surface area contributed by atoms with E-state index in [2.05, 4.69) is 21.2 Å². The van der Waals surface area contributed by atoms with E-state index < -0.39 is 0 Å². The van der Waals surface area contributed by atoms with Crippen LogP contribution in [-0.2, 0) is 4.79 Å². The highest BCUT2D eigenvalue weighted by Gasteiger charge is 2.08. The van der Waals surface area contributed by atoms with Gasteiger partial charge in [-0.15, -0.1) is 0 Å². The average Bonchev–Trinajstić information content (AvgIpc) is 2.45. The molecule has 0 saturated heterocycles. The fraction of sp³-hybridized carbons (Fsp3) is 0.188. The first kappa shape index (κ1) is 15.9. The van der Waals surface area contributed by atoms with E-state index in [-0.39, 0.29) is 12.5 Å². The standard InChI is InChI=1S/C16H15BrClNO2/c1-10-7-12(8-11(2)16(10)18)21-9-15(20)19-14-6-4-3-5-13(14)17/h3-8H,9H2,1-2H3,(H,19,20). The van der Waals surface area contributed by atoms with Crippen molar-refractivity contribution in [3.05, 3.63) is 57.0 Å². The number of para-hydroxylation sites is 1. The highest BCUT2D eigenvalue weighted by molar-refractivity contribution is 9.10. The molecule has 0 unspecified atom stereocenters. The molecule has 0 fully saturated rings. The zero-order valence-electron chi connectivity index (χ0n) is 11.7. The van der Waals surface area contributed by atoms with Crippen LogP contribution in [0.1, 0.15) is 11.1 Å². The minimum atomic E-state index is -0.216. The second-order valence-electron chi connectivity index (χ2n) is 4.69. The molecule has 0 bridgehead atoms. The normalized spacial score (nSPS) is 10.3. The summed E-state index contributed by atoms with van der Waals surface area (Å²) in [5.41, 5.74) is 2.57. The number of aryl methyl sites for hydroxylation is 2. The number of benzene rings is 2. The van der Waals surface area contributed by atoms with E-state index in [9.17, 15) is 4.79 Å². The van der Waals surface area contributed by atoms with Gasteiger partial charge in [0.1, 0.15) is 5.75 Å². The van der Waals surface area contributed by atoms with Crippen LogP contribution in [0, 0.1) is 13.8 Å². The number of carbonyl (C=O) groups is 1. The van der Waals surface area contributed by atoms with Crippen LogP contribution < -0.4 is 10.1 Å². The van der Waals surface area contributed by atoms with Gasteiger partial charge in [-0.2, -0.15) is 0 Å². The van der Waals surface area contributed by atoms with E-state index in [1.807, 2.05) is 50.2 Å². The maximum Gasteiger partial charge on any atom is 0.262 e. The van der Waals surface area contributed by atoms with E-state index in [0.29, 0.717) is 5.75 Å². The molecular weight excluding hydrogens is 354 g/mol. The number of amides is 1. The van der Waals surface area contributed by atoms with Crippen LogP contribution in [0.5, 0.6) is 5.75 Å². The average molecular weight is 369 g/mol. The van der Waals surface area contributed by atoms with Crippen molar-refractivity contribution in [2.45, 2.75) is 13.8 Å². The Labute approximate surface area is 137 Å². The first-order chi connectivity index (χ1) is 9.97. The van der Waals surface area contributed by atoms with Gasteiger partial charge in [0, 0.05) is 9.50 Å². The third-order valence-corrected chi connectivity index (χ3v) is 4.22. The Morgan fingerprint density at radius 2 is 1.86 bits per heavy atom. The second-order valence-corrected chi connectivity index (χ2v) is 5.92. The van der Waals surface area contributed by atoms with Gasteiger partial charge in [-0.05, 0) is 65.2 Å². The van der Waals surface area contributed by atoms with Gasteiger partial charge in [0.05, 0.1) is 5.69 Å². The Balaban J connectivity index is 1.97. The molecule has 110 valence electrons. The highest BCUT2D eigenvalue weighted by atomic mass is 79.9. The summed E-state index contributed by atoms with van der Waals surface area (Å²) >= 11 is 9.47. The number of halogens is 2. The zero-order valence-corrected chi connectivity index (χ0v) is 14.1. The predicted molar refractivity (Wildman–Crippen MR) is 89.2 cm³/mol. The summed E-state index contributed by atoms with van der Waals surface area (Å²) in [5.74, 6) is 0.420. The lowest BCUT2D eigenvalue weighted by atomic mass is 10.1. The van der Waals surface area contributed by atoms with Crippen LogP contribution in [-0.4, -0.2) is 12.5 Å². The van der Waals surface area contributed by atoms with Gasteiger partial charge in [0.2, 0.25) is 0 Å². The van der Waals surface area contributed by atoms with Crippen LogP contribution in [0.2, 0.25) is 5.02 Å². The fourth-order valence-electron chi connectivity index (χ4n) is 1.89. The molecule has 0 spiro atoms. The molecule has 0 aliphatic rings. The Hall–Kier alpha value is -1.52. The van der Waals surface area contributed by atoms with Gasteiger partial charge < -0.3 is 10.1 Å². The first-order valence-electron chi connectivity index (χ1n) is 6.41. The van der Waals surface area contributed by atoms with Crippen molar-refractivity contribution in [2.75, 3.05) is 11.9 Å². The molecule has 0 radical (unpaired) electrons. The van der Waals surface area contributed by atoms with Crippen LogP contribution in [0.15, 0.2) is 40.9 Å². The number of hydrogen-bond acceptors (Lipinski definition) is 2. The summed E-state index contributed by atoms with van der Waals surface area (Å²) in [6.07, 6.45) is 0. The predicted octanol–water partition coefficient (Wildman–Crippen LogP) is 4.74. The third kappa shape index (κ3) is 4.22. The summed E-state index contributed by atoms with van der Waals surface area (Å²) in [5, 5.41) is 3.51. The van der Waals surface area contributed by atoms with Gasteiger partial charge in [0.15, 0.2) is 6.61 Å². The maximum absolute atomic E-state index is 11.9. The minimum absolute atomic E-state index is 0.0537. The Kier molecular flexibility index (Phi) is 5.26. The maximum atomic E-state index is 11.9. The molecule has 0 heterocycles. The molecule has 0 aliphatic carbocycles. The Morgan fingerprint density at radius 1 is 1.24 bits per heavy atom. The molecule has 2 rings (SSSR count). The van der Waals surface area contributed by atoms with E-state index in [4.69, 9.17) is 16.3 Å². The third-order valence-electron chi connectivity index (χ3n) is 2.93. The molecule has 0 aliphatic heterocycles. The molecule has 0 saturated carbocycles. The number of carbonyl (C=O) groups excluding carboxylic acids is 1. The lowest BCUT2D eigenvalue weighted by molar-refractivity contribution is -0.118. The van der Waals surface area contributed by atoms with Gasteiger partial charge in [-0.1, -0.05) is 23.7 Å². The molecule has 2 aromatic rings. The smallest absolute Gasteiger partial charge is 0.262 e. The van der Waals surface area contributed by atoms with Gasteiger partial charge in [0.25, 0.3) is 5.91 Å². The monoisotopic (exact) mass is 367 g/mol. The minimum Gasteiger partial charge on any atom is -0.484 e. The van der Waals surface area contributed by atoms with Crippen molar-refractivity contribution >= 4 is 39.1 Å². The van der Waals surface area contributed by atoms with E-state index in [0.717, 1.165) is 26.3 Å². The fourth-order valence-corrected chi connectivity index (χ4v) is 2.38. The molecule has 0 aromatic heterocycles. The lowest BCUT2D eigenvalue weighted by Crippen LogP contribution is -2.20. The molecular formula is C16H15BrClNO2. The van der Waals surface area contributed by atoms with Crippen LogP contribution >= 0.6 is 27.5 Å². The molecule has 2 aromatic carbocycles. The van der Waals surface area contributed by atoms with Crippen molar-refractivity contribution in [1.82, 2.24) is 0 Å². The SMILES string of the molecule is Cc1cc(OCC(=O)Nc2ccccc2Br)cc(C)c1Cl. The van der Waals surface area contributed by atoms with E-state index in [1.165, 1.54) is 0 Å². The summed E-state index contributed by atoms with van der Waals surface area (Å²) in [4.78, 5) is 11.9. The van der Waals surface area contributed by atoms with Crippen molar-refractivity contribution in [1.29, 1.82) is 0 Å². The summed E-state index contributed by atoms with van der Waals surface area (Å²) < 4.78 is 6.34. The van der Waals surface area contributed by atoms with Crippen molar-refractivity contribution in [3.8, 4) is 5.75 Å². The summed E-state index contributed by atoms with van der Waals surface area (Å²) in [6, 6.07) is 11.1. The number of rotatable bonds is 4. The Bertz CT molecular complexity index is 650. The quantitative estimate of drug-likeness (QED) is 0.846. The molecule has 21 heavy (non-hydrogen) atoms. The number of hydrogen-bond donors (Lipinski definition) is 1. The molecule has 5 heteroatoms. The summed E-state index contributed by atoms with van der Waals surface area (Å²) in [6.45, 7) is 3.76. The second kappa shape index (κ2) is 6.96. The van der Waals surface area contributed by atoms with E-state index >= 15 is 0 Å². The number of ether oxygens (including phenoxy) is 1. The van der Waals surface area contributed by atoms with Crippen LogP contribution in [0.4, 0.5) is 5.69 Å². The largest absolute Gasteiger partial charge is 0.484 e. The van der Waals surface area contributed by atoms with Crippen LogP contribution in [0.25, 0.3) is 0 Å². The zero-order chi connectivity index (χ0) is 15.4. The number of anilines is 1. The molecule has 0 atom stereocenters. The highest BCUT2D eigenvalue weighted by Crippen LogP contribution is 2.26. The van der Waals surface area contributed by atoms with E-state index in [1.54, 1.807) is 0 Å². The van der Waals surface area contributed by atoms with Crippen molar-refractivity contribution in [2.24, 2.45) is 0 Å². The van der Waals surface area contributed by atoms with Crippen LogP contribution in [0.3, 0.4) is 0 Å². The van der Waals surface area contributed by atoms with Gasteiger partial charge >= 0.3 is 0 Å². The topological polar surface area (TPSA) is 38.3 Å². The first-order valence-corrected chi connectivity index (χ1v) is 7.58. The lowest BCUT2D eigenvalue weighted by Gasteiger charge is -2.11. The van der Waals surface area contributed by atoms with Gasteiger partial charge in [-0.25, -0.2) is 0 Å². The van der Waals surface area contributed by atoms with Gasteiger partial charge in [-0.3, -0.25) is 4.79 Å². The van der Waals surface area contributed by atoms with Crippen molar-refractivity contribution < 1.29 is 9.53 Å². The number of nitrogens with one attached hydrogen (secondary N) is 1.